The Morgan fingerprint density at radius 1 is 0.833 bits per heavy atom. The smallest absolute Gasteiger partial charge is 0.333 e. The van der Waals surface area contributed by atoms with E-state index in [0.29, 0.717) is 16.7 Å². The van der Waals surface area contributed by atoms with Crippen molar-refractivity contribution >= 4 is 23.8 Å². The van der Waals surface area contributed by atoms with Crippen LogP contribution in [0.25, 0.3) is 0 Å². The molecule has 0 aliphatic heterocycles. The highest BCUT2D eigenvalue weighted by atomic mass is 16.6. The molecule has 0 atom stereocenters. The molecule has 1 amide bonds. The number of ether oxygens (including phenoxy) is 2. The van der Waals surface area contributed by atoms with Crippen molar-refractivity contribution in [3.8, 4) is 0 Å². The molecule has 0 fully saturated rings. The first-order chi connectivity index (χ1) is 11.0. The molecular formula is C16H23NO7. The van der Waals surface area contributed by atoms with E-state index >= 15 is 0 Å². The number of esters is 2. The average Bonchev–Trinajstić information content (AvgIpc) is 2.48. The summed E-state index contributed by atoms with van der Waals surface area (Å²) in [6, 6.07) is 0. The normalized spacial score (nSPS) is 8.79. The van der Waals surface area contributed by atoms with Gasteiger partial charge < -0.3 is 19.9 Å². The van der Waals surface area contributed by atoms with Gasteiger partial charge in [-0.3, -0.25) is 9.59 Å². The van der Waals surface area contributed by atoms with E-state index in [4.69, 9.17) is 5.11 Å². The second-order valence-corrected chi connectivity index (χ2v) is 4.69. The first-order valence-electron chi connectivity index (χ1n) is 6.79. The summed E-state index contributed by atoms with van der Waals surface area (Å²) in [5, 5.41) is 10.2. The predicted molar refractivity (Wildman–Crippen MR) is 87.0 cm³/mol. The summed E-state index contributed by atoms with van der Waals surface area (Å²) in [6.45, 7) is 14.4. The third kappa shape index (κ3) is 14.1. The van der Waals surface area contributed by atoms with E-state index in [2.05, 4.69) is 34.5 Å². The monoisotopic (exact) mass is 341 g/mol. The molecule has 0 bridgehead atoms. The van der Waals surface area contributed by atoms with Gasteiger partial charge in [0.15, 0.2) is 0 Å². The molecule has 134 valence electrons. The van der Waals surface area contributed by atoms with E-state index in [1.165, 1.54) is 6.92 Å². The van der Waals surface area contributed by atoms with Crippen LogP contribution in [0.4, 0.5) is 0 Å². The van der Waals surface area contributed by atoms with Crippen molar-refractivity contribution in [2.24, 2.45) is 0 Å². The molecule has 8 nitrogen and oxygen atoms in total. The molecular weight excluding hydrogens is 318 g/mol. The highest BCUT2D eigenvalue weighted by Crippen LogP contribution is 1.94. The van der Waals surface area contributed by atoms with E-state index in [9.17, 15) is 19.2 Å². The number of aliphatic carboxylic acids is 1. The van der Waals surface area contributed by atoms with Crippen LogP contribution in [0.1, 0.15) is 20.8 Å². The topological polar surface area (TPSA) is 119 Å². The Morgan fingerprint density at radius 3 is 1.46 bits per heavy atom. The number of hydrogen-bond donors (Lipinski definition) is 2. The van der Waals surface area contributed by atoms with Gasteiger partial charge in [-0.2, -0.15) is 0 Å². The standard InChI is InChI=1S/C10H14O4.C6H9NO3/c1-7(2)9(11)13-5-6-14-10(12)8(3)4;1-4(2)6(10)7-3-5(8)9/h1,3,5-6H2,2,4H3;1,3H2,2H3,(H,7,10)(H,8,9). The molecule has 0 aliphatic carbocycles. The van der Waals surface area contributed by atoms with Crippen molar-refractivity contribution in [2.75, 3.05) is 19.8 Å². The number of nitrogens with one attached hydrogen (secondary N) is 1. The van der Waals surface area contributed by atoms with Gasteiger partial charge in [0.05, 0.1) is 0 Å². The lowest BCUT2D eigenvalue weighted by atomic mass is 10.3. The van der Waals surface area contributed by atoms with Crippen molar-refractivity contribution < 1.29 is 33.8 Å². The van der Waals surface area contributed by atoms with Crippen LogP contribution in [0, 0.1) is 0 Å². The first kappa shape index (κ1) is 23.4. The number of hydrogen-bond acceptors (Lipinski definition) is 6. The molecule has 0 aromatic heterocycles. The van der Waals surface area contributed by atoms with Crippen molar-refractivity contribution in [2.45, 2.75) is 20.8 Å². The van der Waals surface area contributed by atoms with Gasteiger partial charge >= 0.3 is 17.9 Å². The van der Waals surface area contributed by atoms with E-state index in [0.717, 1.165) is 0 Å². The SMILES string of the molecule is C=C(C)C(=O)NCC(=O)O.C=C(C)C(=O)OCCOC(=O)C(=C)C. The van der Waals surface area contributed by atoms with Crippen LogP contribution in [0.2, 0.25) is 0 Å². The van der Waals surface area contributed by atoms with Crippen LogP contribution in [0.15, 0.2) is 36.5 Å². The Morgan fingerprint density at radius 2 is 1.21 bits per heavy atom. The maximum Gasteiger partial charge on any atom is 0.333 e. The molecule has 0 rings (SSSR count). The van der Waals surface area contributed by atoms with Gasteiger partial charge in [-0.05, 0) is 20.8 Å². The van der Waals surface area contributed by atoms with E-state index < -0.39 is 23.8 Å². The number of carboxylic acid groups (broad SMARTS) is 1. The lowest BCUT2D eigenvalue weighted by Crippen LogP contribution is -2.29. The molecule has 0 unspecified atom stereocenters. The van der Waals surface area contributed by atoms with Crippen LogP contribution in [-0.4, -0.2) is 48.7 Å². The van der Waals surface area contributed by atoms with Gasteiger partial charge in [0.1, 0.15) is 19.8 Å². The van der Waals surface area contributed by atoms with Crippen LogP contribution in [0.5, 0.6) is 0 Å². The van der Waals surface area contributed by atoms with E-state index in [1.807, 2.05) is 0 Å². The maximum atomic E-state index is 10.8. The molecule has 0 spiro atoms. The molecule has 0 aliphatic rings. The predicted octanol–water partition coefficient (Wildman–Crippen LogP) is 0.988. The number of rotatable bonds is 8. The van der Waals surface area contributed by atoms with Crippen LogP contribution >= 0.6 is 0 Å². The summed E-state index contributed by atoms with van der Waals surface area (Å²) in [5.74, 6) is -2.47. The number of amides is 1. The lowest BCUT2D eigenvalue weighted by Gasteiger charge is -2.05. The third-order valence-electron chi connectivity index (χ3n) is 2.03. The second-order valence-electron chi connectivity index (χ2n) is 4.69. The van der Waals surface area contributed by atoms with Crippen molar-refractivity contribution in [1.29, 1.82) is 0 Å². The van der Waals surface area contributed by atoms with Gasteiger partial charge in [-0.15, -0.1) is 0 Å². The summed E-state index contributed by atoms with van der Waals surface area (Å²) in [6.07, 6.45) is 0. The summed E-state index contributed by atoms with van der Waals surface area (Å²) >= 11 is 0. The maximum absolute atomic E-state index is 10.8. The Labute approximate surface area is 140 Å². The molecule has 2 N–H and O–H groups in total. The summed E-state index contributed by atoms with van der Waals surface area (Å²) < 4.78 is 9.38. The van der Waals surface area contributed by atoms with Crippen molar-refractivity contribution in [3.05, 3.63) is 36.5 Å². The first-order valence-corrected chi connectivity index (χ1v) is 6.79. The zero-order valence-electron chi connectivity index (χ0n) is 14.1. The minimum atomic E-state index is -1.06. The van der Waals surface area contributed by atoms with Crippen molar-refractivity contribution in [1.82, 2.24) is 5.32 Å². The average molecular weight is 341 g/mol. The lowest BCUT2D eigenvalue weighted by molar-refractivity contribution is -0.147. The molecule has 0 aromatic rings. The number of carbonyl (C=O) groups is 4. The minimum Gasteiger partial charge on any atom is -0.480 e. The molecule has 8 heteroatoms. The summed E-state index contributed by atoms with van der Waals surface area (Å²) in [4.78, 5) is 42.1. The molecule has 0 heterocycles. The molecule has 0 saturated heterocycles. The van der Waals surface area contributed by atoms with Crippen LogP contribution in [0.3, 0.4) is 0 Å². The van der Waals surface area contributed by atoms with E-state index in [-0.39, 0.29) is 19.8 Å². The summed E-state index contributed by atoms with van der Waals surface area (Å²) in [5.41, 5.74) is 0.939. The Hall–Kier alpha value is -2.90. The Kier molecular flexibility index (Phi) is 12.3. The molecule has 0 radical (unpaired) electrons. The van der Waals surface area contributed by atoms with Crippen LogP contribution in [-0.2, 0) is 28.7 Å². The summed E-state index contributed by atoms with van der Waals surface area (Å²) in [7, 11) is 0. The Balaban J connectivity index is 0. The van der Waals surface area contributed by atoms with Crippen LogP contribution < -0.4 is 5.32 Å². The number of carboxylic acids is 1. The molecule has 0 aromatic carbocycles. The molecule has 24 heavy (non-hydrogen) atoms. The quantitative estimate of drug-likeness (QED) is 0.384. The fourth-order valence-corrected chi connectivity index (χ4v) is 0.822. The third-order valence-corrected chi connectivity index (χ3v) is 2.03. The number of carbonyl (C=O) groups excluding carboxylic acids is 3. The fraction of sp³-hybridized carbons (Fsp3) is 0.375. The zero-order chi connectivity index (χ0) is 19.3. The van der Waals surface area contributed by atoms with Gasteiger partial charge in [0.2, 0.25) is 5.91 Å². The minimum absolute atomic E-state index is 0.0325. The van der Waals surface area contributed by atoms with Gasteiger partial charge in [-0.25, -0.2) is 9.59 Å². The van der Waals surface area contributed by atoms with Gasteiger partial charge in [0, 0.05) is 16.7 Å². The zero-order valence-corrected chi connectivity index (χ0v) is 14.1. The largest absolute Gasteiger partial charge is 0.480 e. The van der Waals surface area contributed by atoms with E-state index in [1.54, 1.807) is 13.8 Å². The van der Waals surface area contributed by atoms with Crippen molar-refractivity contribution in [3.63, 3.8) is 0 Å². The molecule has 0 saturated carbocycles. The van der Waals surface area contributed by atoms with Gasteiger partial charge in [-0.1, -0.05) is 19.7 Å². The highest BCUT2D eigenvalue weighted by Gasteiger charge is 2.05. The highest BCUT2D eigenvalue weighted by molar-refractivity contribution is 5.93. The Bertz CT molecular complexity index is 507. The van der Waals surface area contributed by atoms with Gasteiger partial charge in [0.25, 0.3) is 0 Å². The fourth-order valence-electron chi connectivity index (χ4n) is 0.822. The second kappa shape index (κ2) is 12.6.